The molecule has 1 aromatic carbocycles. The van der Waals surface area contributed by atoms with Crippen LogP contribution in [0.5, 0.6) is 0 Å². The average molecular weight is 222 g/mol. The lowest BCUT2D eigenvalue weighted by molar-refractivity contribution is -0.116. The Morgan fingerprint density at radius 1 is 1.50 bits per heavy atom. The van der Waals surface area contributed by atoms with E-state index in [1.807, 2.05) is 13.0 Å². The van der Waals surface area contributed by atoms with E-state index in [4.69, 9.17) is 5.73 Å². The Labute approximate surface area is 93.8 Å². The molecule has 1 aromatic rings. The summed E-state index contributed by atoms with van der Waals surface area (Å²) in [5.74, 6) is -0.479. The number of carbonyl (C=O) groups is 1. The second-order valence-corrected chi connectivity index (χ2v) is 4.34. The molecule has 1 aliphatic rings. The largest absolute Gasteiger partial charge is 0.328 e. The Morgan fingerprint density at radius 2 is 2.25 bits per heavy atom. The number of nitrogens with one attached hydrogen (secondary N) is 1. The molecule has 1 unspecified atom stereocenters. The lowest BCUT2D eigenvalue weighted by Crippen LogP contribution is -2.22. The molecule has 3 nitrogen and oxygen atoms in total. The first-order chi connectivity index (χ1) is 7.56. The van der Waals surface area contributed by atoms with E-state index in [2.05, 4.69) is 5.32 Å². The molecule has 0 aliphatic carbocycles. The number of fused-ring (bicyclic) bond motifs is 1. The van der Waals surface area contributed by atoms with Gasteiger partial charge in [-0.3, -0.25) is 4.79 Å². The fourth-order valence-corrected chi connectivity index (χ4v) is 2.00. The molecule has 0 bridgehead atoms. The van der Waals surface area contributed by atoms with E-state index in [9.17, 15) is 9.18 Å². The predicted molar refractivity (Wildman–Crippen MR) is 60.7 cm³/mol. The molecule has 1 heterocycles. The lowest BCUT2D eigenvalue weighted by Gasteiger charge is -2.19. The number of anilines is 1. The number of amides is 1. The highest BCUT2D eigenvalue weighted by molar-refractivity contribution is 5.94. The van der Waals surface area contributed by atoms with Gasteiger partial charge in [0.2, 0.25) is 5.91 Å². The fourth-order valence-electron chi connectivity index (χ4n) is 2.00. The minimum absolute atomic E-state index is 0.00984. The van der Waals surface area contributed by atoms with Gasteiger partial charge in [0, 0.05) is 12.5 Å². The van der Waals surface area contributed by atoms with E-state index in [1.54, 1.807) is 0 Å². The van der Waals surface area contributed by atoms with Crippen LogP contribution in [-0.2, 0) is 17.6 Å². The molecule has 86 valence electrons. The van der Waals surface area contributed by atoms with Gasteiger partial charge in [-0.15, -0.1) is 0 Å². The zero-order valence-corrected chi connectivity index (χ0v) is 9.22. The van der Waals surface area contributed by atoms with Crippen LogP contribution in [0.1, 0.15) is 24.5 Å². The molecule has 1 aliphatic heterocycles. The Hall–Kier alpha value is -1.42. The third-order valence-corrected chi connectivity index (χ3v) is 2.68. The summed E-state index contributed by atoms with van der Waals surface area (Å²) in [7, 11) is 0. The second-order valence-electron chi connectivity index (χ2n) is 4.34. The molecule has 1 atom stereocenters. The van der Waals surface area contributed by atoms with Crippen molar-refractivity contribution in [3.63, 3.8) is 0 Å². The number of aryl methyl sites for hydroxylation is 1. The van der Waals surface area contributed by atoms with E-state index < -0.39 is 0 Å². The highest BCUT2D eigenvalue weighted by Gasteiger charge is 2.19. The Morgan fingerprint density at radius 3 is 2.94 bits per heavy atom. The van der Waals surface area contributed by atoms with Gasteiger partial charge in [0.1, 0.15) is 5.82 Å². The Kier molecular flexibility index (Phi) is 2.92. The van der Waals surface area contributed by atoms with Gasteiger partial charge in [-0.25, -0.2) is 4.39 Å². The number of rotatable bonds is 2. The third-order valence-electron chi connectivity index (χ3n) is 2.68. The van der Waals surface area contributed by atoms with Crippen LogP contribution in [0.15, 0.2) is 12.1 Å². The number of hydrogen-bond acceptors (Lipinski definition) is 2. The topological polar surface area (TPSA) is 55.1 Å². The first-order valence-corrected chi connectivity index (χ1v) is 5.43. The van der Waals surface area contributed by atoms with Crippen molar-refractivity contribution in [2.24, 2.45) is 5.73 Å². The molecule has 0 aromatic heterocycles. The Balaban J connectivity index is 2.34. The van der Waals surface area contributed by atoms with Gasteiger partial charge in [0.15, 0.2) is 0 Å². The first kappa shape index (κ1) is 11.1. The number of carbonyl (C=O) groups excluding carboxylic acids is 1. The fraction of sp³-hybridized carbons (Fsp3) is 0.417. The molecule has 1 amide bonds. The molecular weight excluding hydrogens is 207 g/mol. The molecule has 4 heteroatoms. The van der Waals surface area contributed by atoms with Crippen LogP contribution >= 0.6 is 0 Å². The van der Waals surface area contributed by atoms with Crippen molar-refractivity contribution in [1.82, 2.24) is 0 Å². The normalized spacial score (nSPS) is 16.6. The van der Waals surface area contributed by atoms with Gasteiger partial charge in [-0.1, -0.05) is 6.07 Å². The van der Waals surface area contributed by atoms with E-state index in [0.29, 0.717) is 24.9 Å². The molecule has 0 saturated carbocycles. The smallest absolute Gasteiger partial charge is 0.224 e. The number of hydrogen-bond donors (Lipinski definition) is 2. The third kappa shape index (κ3) is 2.22. The highest BCUT2D eigenvalue weighted by Crippen LogP contribution is 2.27. The highest BCUT2D eigenvalue weighted by atomic mass is 19.1. The zero-order valence-electron chi connectivity index (χ0n) is 9.22. The van der Waals surface area contributed by atoms with Crippen LogP contribution < -0.4 is 11.1 Å². The monoisotopic (exact) mass is 222 g/mol. The van der Waals surface area contributed by atoms with Gasteiger partial charge in [0.05, 0.1) is 5.69 Å². The molecule has 0 spiro atoms. The number of halogens is 1. The van der Waals surface area contributed by atoms with Crippen molar-refractivity contribution in [3.05, 3.63) is 29.1 Å². The van der Waals surface area contributed by atoms with Crippen molar-refractivity contribution in [3.8, 4) is 0 Å². The van der Waals surface area contributed by atoms with Crippen molar-refractivity contribution < 1.29 is 9.18 Å². The summed E-state index contributed by atoms with van der Waals surface area (Å²) in [5, 5.41) is 2.56. The quantitative estimate of drug-likeness (QED) is 0.798. The van der Waals surface area contributed by atoms with Crippen LogP contribution in [0.4, 0.5) is 10.1 Å². The van der Waals surface area contributed by atoms with Gasteiger partial charge < -0.3 is 11.1 Å². The number of benzene rings is 1. The second kappa shape index (κ2) is 4.22. The van der Waals surface area contributed by atoms with Crippen molar-refractivity contribution >= 4 is 11.6 Å². The molecule has 16 heavy (non-hydrogen) atoms. The van der Waals surface area contributed by atoms with Crippen LogP contribution in [0.3, 0.4) is 0 Å². The van der Waals surface area contributed by atoms with E-state index in [1.165, 1.54) is 6.07 Å². The minimum atomic E-state index is -0.360. The molecule has 3 N–H and O–H groups in total. The van der Waals surface area contributed by atoms with Crippen LogP contribution in [0.25, 0.3) is 0 Å². The van der Waals surface area contributed by atoms with Crippen LogP contribution in [0.2, 0.25) is 0 Å². The van der Waals surface area contributed by atoms with Crippen molar-refractivity contribution in [2.45, 2.75) is 32.2 Å². The maximum absolute atomic E-state index is 13.7. The maximum Gasteiger partial charge on any atom is 0.224 e. The first-order valence-electron chi connectivity index (χ1n) is 5.43. The van der Waals surface area contributed by atoms with E-state index in [-0.39, 0.29) is 17.8 Å². The van der Waals surface area contributed by atoms with Crippen LogP contribution in [-0.4, -0.2) is 11.9 Å². The standard InChI is InChI=1S/C12H15FN2O/c1-7(14)4-8-5-9-2-3-11(16)15-12(9)10(13)6-8/h5-7H,2-4,14H2,1H3,(H,15,16). The maximum atomic E-state index is 13.7. The molecule has 0 radical (unpaired) electrons. The van der Waals surface area contributed by atoms with Gasteiger partial charge in [-0.2, -0.15) is 0 Å². The summed E-state index contributed by atoms with van der Waals surface area (Å²) in [4.78, 5) is 11.1. The van der Waals surface area contributed by atoms with Crippen LogP contribution in [0, 0.1) is 5.82 Å². The predicted octanol–water partition coefficient (Wildman–Crippen LogP) is 1.60. The molecule has 2 rings (SSSR count). The summed E-state index contributed by atoms with van der Waals surface area (Å²) >= 11 is 0. The van der Waals surface area contributed by atoms with Gasteiger partial charge in [0.25, 0.3) is 0 Å². The summed E-state index contributed by atoms with van der Waals surface area (Å²) in [6, 6.07) is 3.39. The van der Waals surface area contributed by atoms with E-state index in [0.717, 1.165) is 11.1 Å². The lowest BCUT2D eigenvalue weighted by atomic mass is 9.97. The molecular formula is C12H15FN2O. The average Bonchev–Trinajstić information content (AvgIpc) is 2.18. The Bertz CT molecular complexity index is 429. The SMILES string of the molecule is CC(N)Cc1cc(F)c2c(c1)CCC(=O)N2. The number of nitrogens with two attached hydrogens (primary N) is 1. The summed E-state index contributed by atoms with van der Waals surface area (Å²) in [5.41, 5.74) is 7.78. The molecule has 0 fully saturated rings. The summed E-state index contributed by atoms with van der Waals surface area (Å²) < 4.78 is 13.7. The van der Waals surface area contributed by atoms with Crippen molar-refractivity contribution in [2.75, 3.05) is 5.32 Å². The van der Waals surface area contributed by atoms with Gasteiger partial charge in [-0.05, 0) is 37.0 Å². The minimum Gasteiger partial charge on any atom is -0.328 e. The zero-order chi connectivity index (χ0) is 11.7. The van der Waals surface area contributed by atoms with Crippen molar-refractivity contribution in [1.29, 1.82) is 0 Å². The summed E-state index contributed by atoms with van der Waals surface area (Å²) in [6.07, 6.45) is 1.68. The van der Waals surface area contributed by atoms with E-state index >= 15 is 0 Å². The summed E-state index contributed by atoms with van der Waals surface area (Å²) in [6.45, 7) is 1.89. The molecule has 0 saturated heterocycles. The van der Waals surface area contributed by atoms with Gasteiger partial charge >= 0.3 is 0 Å².